The van der Waals surface area contributed by atoms with E-state index in [9.17, 15) is 0 Å². The normalized spacial score (nSPS) is 10.3. The number of halogens is 1. The van der Waals surface area contributed by atoms with Crippen molar-refractivity contribution < 1.29 is 9.47 Å². The van der Waals surface area contributed by atoms with Crippen molar-refractivity contribution >= 4 is 17.3 Å². The zero-order valence-electron chi connectivity index (χ0n) is 12.8. The summed E-state index contributed by atoms with van der Waals surface area (Å²) in [5.41, 5.74) is 4.58. The van der Waals surface area contributed by atoms with Gasteiger partial charge in [0.05, 0.1) is 19.2 Å². The van der Waals surface area contributed by atoms with Crippen molar-refractivity contribution in [2.45, 2.75) is 20.4 Å². The minimum Gasteiger partial charge on any atom is -0.493 e. The highest BCUT2D eigenvalue weighted by Crippen LogP contribution is 2.37. The smallest absolute Gasteiger partial charge is 0.179 e. The highest BCUT2D eigenvalue weighted by molar-refractivity contribution is 6.33. The number of hydrogen-bond acceptors (Lipinski definition) is 3. The molecule has 0 amide bonds. The maximum absolute atomic E-state index is 6.37. The summed E-state index contributed by atoms with van der Waals surface area (Å²) < 4.78 is 10.5. The second-order valence-electron chi connectivity index (χ2n) is 4.93. The van der Waals surface area contributed by atoms with E-state index in [-0.39, 0.29) is 0 Å². The van der Waals surface area contributed by atoms with Crippen LogP contribution in [0.1, 0.15) is 16.7 Å². The Morgan fingerprint density at radius 2 is 1.76 bits per heavy atom. The largest absolute Gasteiger partial charge is 0.493 e. The van der Waals surface area contributed by atoms with Gasteiger partial charge in [-0.05, 0) is 48.7 Å². The predicted octanol–water partition coefficient (Wildman–Crippen LogP) is 4.59. The molecule has 0 heterocycles. The van der Waals surface area contributed by atoms with Crippen molar-refractivity contribution in [2.75, 3.05) is 19.5 Å². The first-order valence-electron chi connectivity index (χ1n) is 6.77. The number of anilines is 1. The minimum absolute atomic E-state index is 0.568. The summed E-state index contributed by atoms with van der Waals surface area (Å²) in [5, 5.41) is 3.95. The molecule has 1 N–H and O–H groups in total. The Kier molecular flexibility index (Phi) is 4.97. The van der Waals surface area contributed by atoms with Gasteiger partial charge in [-0.2, -0.15) is 0 Å². The number of rotatable bonds is 5. The summed E-state index contributed by atoms with van der Waals surface area (Å²) in [6.07, 6.45) is 0. The molecule has 0 aromatic heterocycles. The molecule has 0 aliphatic carbocycles. The molecule has 2 rings (SSSR count). The van der Waals surface area contributed by atoms with E-state index >= 15 is 0 Å². The van der Waals surface area contributed by atoms with Crippen LogP contribution >= 0.6 is 11.6 Å². The fraction of sp³-hybridized carbons (Fsp3) is 0.294. The molecule has 0 radical (unpaired) electrons. The number of hydrogen-bond donors (Lipinski definition) is 1. The molecule has 0 fully saturated rings. The standard InChI is InChI=1S/C17H20ClNO2/c1-11-5-7-14(9-12(11)2)19-10-13-6-8-15(20-3)17(21-4)16(13)18/h5-9,19H,10H2,1-4H3. The maximum Gasteiger partial charge on any atom is 0.179 e. The van der Waals surface area contributed by atoms with Gasteiger partial charge < -0.3 is 14.8 Å². The van der Waals surface area contributed by atoms with Crippen LogP contribution < -0.4 is 14.8 Å². The zero-order valence-corrected chi connectivity index (χ0v) is 13.5. The Hall–Kier alpha value is -1.87. The number of nitrogens with one attached hydrogen (secondary N) is 1. The molecule has 3 nitrogen and oxygen atoms in total. The van der Waals surface area contributed by atoms with Crippen molar-refractivity contribution in [1.82, 2.24) is 0 Å². The quantitative estimate of drug-likeness (QED) is 0.876. The Morgan fingerprint density at radius 3 is 2.38 bits per heavy atom. The van der Waals surface area contributed by atoms with Crippen molar-refractivity contribution in [1.29, 1.82) is 0 Å². The summed E-state index contributed by atoms with van der Waals surface area (Å²) in [5.74, 6) is 1.20. The van der Waals surface area contributed by atoms with E-state index in [0.29, 0.717) is 23.1 Å². The number of aryl methyl sites for hydroxylation is 2. The molecule has 0 spiro atoms. The molecular weight excluding hydrogens is 286 g/mol. The van der Waals surface area contributed by atoms with Crippen LogP contribution in [0.15, 0.2) is 30.3 Å². The van der Waals surface area contributed by atoms with Crippen molar-refractivity contribution in [2.24, 2.45) is 0 Å². The third-order valence-electron chi connectivity index (χ3n) is 3.55. The van der Waals surface area contributed by atoms with Gasteiger partial charge in [-0.3, -0.25) is 0 Å². The number of methoxy groups -OCH3 is 2. The lowest BCUT2D eigenvalue weighted by atomic mass is 10.1. The van der Waals surface area contributed by atoms with Crippen LogP contribution in [0.25, 0.3) is 0 Å². The van der Waals surface area contributed by atoms with Gasteiger partial charge in [0.1, 0.15) is 0 Å². The SMILES string of the molecule is COc1ccc(CNc2ccc(C)c(C)c2)c(Cl)c1OC. The van der Waals surface area contributed by atoms with Gasteiger partial charge in [-0.25, -0.2) is 0 Å². The molecule has 4 heteroatoms. The second kappa shape index (κ2) is 6.72. The molecule has 0 aliphatic heterocycles. The van der Waals surface area contributed by atoms with E-state index in [1.165, 1.54) is 11.1 Å². The van der Waals surface area contributed by atoms with E-state index in [2.05, 4.69) is 37.4 Å². The minimum atomic E-state index is 0.568. The first-order chi connectivity index (χ1) is 10.1. The van der Waals surface area contributed by atoms with Crippen LogP contribution in [-0.4, -0.2) is 14.2 Å². The molecule has 0 aliphatic rings. The zero-order chi connectivity index (χ0) is 15.4. The average molecular weight is 306 g/mol. The van der Waals surface area contributed by atoms with Crippen LogP contribution in [-0.2, 0) is 6.54 Å². The molecule has 0 atom stereocenters. The van der Waals surface area contributed by atoms with Crippen LogP contribution in [0.4, 0.5) is 5.69 Å². The highest BCUT2D eigenvalue weighted by Gasteiger charge is 2.12. The summed E-state index contributed by atoms with van der Waals surface area (Å²) in [7, 11) is 3.19. The van der Waals surface area contributed by atoms with Gasteiger partial charge in [-0.1, -0.05) is 23.7 Å². The second-order valence-corrected chi connectivity index (χ2v) is 5.30. The Labute approximate surface area is 130 Å². The van der Waals surface area contributed by atoms with Crippen LogP contribution in [0.3, 0.4) is 0 Å². The van der Waals surface area contributed by atoms with Gasteiger partial charge >= 0.3 is 0 Å². The van der Waals surface area contributed by atoms with Crippen LogP contribution in [0.2, 0.25) is 5.02 Å². The molecule has 0 saturated heterocycles. The average Bonchev–Trinajstić information content (AvgIpc) is 2.49. The Morgan fingerprint density at radius 1 is 1.00 bits per heavy atom. The molecule has 2 aromatic rings. The summed E-state index contributed by atoms with van der Waals surface area (Å²) >= 11 is 6.37. The molecular formula is C17H20ClNO2. The fourth-order valence-corrected chi connectivity index (χ4v) is 2.42. The van der Waals surface area contributed by atoms with E-state index in [1.54, 1.807) is 14.2 Å². The molecule has 112 valence electrons. The summed E-state index contributed by atoms with van der Waals surface area (Å²) in [4.78, 5) is 0. The summed E-state index contributed by atoms with van der Waals surface area (Å²) in [6.45, 7) is 4.83. The topological polar surface area (TPSA) is 30.5 Å². The lowest BCUT2D eigenvalue weighted by Gasteiger charge is -2.14. The molecule has 0 unspecified atom stereocenters. The van der Waals surface area contributed by atoms with Crippen LogP contribution in [0.5, 0.6) is 11.5 Å². The lowest BCUT2D eigenvalue weighted by molar-refractivity contribution is 0.355. The highest BCUT2D eigenvalue weighted by atomic mass is 35.5. The van der Waals surface area contributed by atoms with E-state index < -0.39 is 0 Å². The van der Waals surface area contributed by atoms with E-state index in [0.717, 1.165) is 11.3 Å². The predicted molar refractivity (Wildman–Crippen MR) is 87.8 cm³/mol. The van der Waals surface area contributed by atoms with Crippen molar-refractivity contribution in [3.05, 3.63) is 52.0 Å². The number of benzene rings is 2. The monoisotopic (exact) mass is 305 g/mol. The van der Waals surface area contributed by atoms with Gasteiger partial charge in [0.2, 0.25) is 0 Å². The van der Waals surface area contributed by atoms with E-state index in [4.69, 9.17) is 21.1 Å². The third-order valence-corrected chi connectivity index (χ3v) is 3.97. The molecule has 2 aromatic carbocycles. The van der Waals surface area contributed by atoms with Gasteiger partial charge in [-0.15, -0.1) is 0 Å². The summed E-state index contributed by atoms with van der Waals surface area (Å²) in [6, 6.07) is 10.1. The van der Waals surface area contributed by atoms with Crippen LogP contribution in [0, 0.1) is 13.8 Å². The maximum atomic E-state index is 6.37. The molecule has 0 bridgehead atoms. The number of ether oxygens (including phenoxy) is 2. The molecule has 21 heavy (non-hydrogen) atoms. The van der Waals surface area contributed by atoms with Gasteiger partial charge in [0, 0.05) is 12.2 Å². The molecule has 0 saturated carbocycles. The Balaban J connectivity index is 2.18. The first kappa shape index (κ1) is 15.5. The third kappa shape index (κ3) is 3.42. The van der Waals surface area contributed by atoms with Gasteiger partial charge in [0.25, 0.3) is 0 Å². The van der Waals surface area contributed by atoms with Crippen molar-refractivity contribution in [3.63, 3.8) is 0 Å². The Bertz CT molecular complexity index is 641. The van der Waals surface area contributed by atoms with E-state index in [1.807, 2.05) is 12.1 Å². The lowest BCUT2D eigenvalue weighted by Crippen LogP contribution is -2.02. The van der Waals surface area contributed by atoms with Gasteiger partial charge in [0.15, 0.2) is 11.5 Å². The first-order valence-corrected chi connectivity index (χ1v) is 7.15. The van der Waals surface area contributed by atoms with Crippen molar-refractivity contribution in [3.8, 4) is 11.5 Å². The fourth-order valence-electron chi connectivity index (χ4n) is 2.12.